The molecule has 0 aliphatic heterocycles. The summed E-state index contributed by atoms with van der Waals surface area (Å²) in [6.45, 7) is 4.51. The predicted molar refractivity (Wildman–Crippen MR) is 83.8 cm³/mol. The summed E-state index contributed by atoms with van der Waals surface area (Å²) in [6.07, 6.45) is 0. The van der Waals surface area contributed by atoms with Crippen molar-refractivity contribution in [1.82, 2.24) is 0 Å². The van der Waals surface area contributed by atoms with E-state index in [1.165, 1.54) is 6.92 Å². The van der Waals surface area contributed by atoms with Crippen LogP contribution >= 0.6 is 0 Å². The van der Waals surface area contributed by atoms with Gasteiger partial charge >= 0.3 is 11.9 Å². The summed E-state index contributed by atoms with van der Waals surface area (Å²) in [5.74, 6) is -0.984. The summed E-state index contributed by atoms with van der Waals surface area (Å²) in [5.41, 5.74) is 0.872. The Morgan fingerprint density at radius 2 is 1.78 bits per heavy atom. The van der Waals surface area contributed by atoms with Gasteiger partial charge in [-0.3, -0.25) is 9.59 Å². The number of carbonyl (C=O) groups is 2. The molecule has 0 N–H and O–H groups in total. The molecule has 0 saturated carbocycles. The molecule has 1 aromatic rings. The van der Waals surface area contributed by atoms with E-state index in [0.717, 1.165) is 5.69 Å². The number of hydrogen-bond acceptors (Lipinski definition) is 7. The maximum Gasteiger partial charge on any atom is 0.328 e. The number of anilines is 1. The monoisotopic (exact) mass is 325 g/mol. The molecule has 0 fully saturated rings. The van der Waals surface area contributed by atoms with Crippen LogP contribution in [0.1, 0.15) is 13.8 Å². The highest BCUT2D eigenvalue weighted by atomic mass is 16.7. The van der Waals surface area contributed by atoms with E-state index in [1.54, 1.807) is 0 Å². The van der Waals surface area contributed by atoms with Crippen LogP contribution in [-0.2, 0) is 28.5 Å². The van der Waals surface area contributed by atoms with Gasteiger partial charge in [0, 0.05) is 25.8 Å². The Balaban J connectivity index is 2.47. The lowest BCUT2D eigenvalue weighted by Gasteiger charge is -2.23. The molecule has 1 rings (SSSR count). The summed E-state index contributed by atoms with van der Waals surface area (Å²) in [5, 5.41) is 0. The van der Waals surface area contributed by atoms with Gasteiger partial charge in [-0.25, -0.2) is 0 Å². The van der Waals surface area contributed by atoms with E-state index in [9.17, 15) is 9.59 Å². The average molecular weight is 325 g/mol. The van der Waals surface area contributed by atoms with E-state index in [4.69, 9.17) is 14.2 Å². The van der Waals surface area contributed by atoms with E-state index in [1.807, 2.05) is 42.2 Å². The van der Waals surface area contributed by atoms with Crippen molar-refractivity contribution >= 4 is 17.6 Å². The number of nitrogens with zero attached hydrogens (tertiary/aromatic N) is 1. The summed E-state index contributed by atoms with van der Waals surface area (Å²) in [4.78, 5) is 24.3. The van der Waals surface area contributed by atoms with Crippen LogP contribution < -0.4 is 4.90 Å². The van der Waals surface area contributed by atoms with Crippen molar-refractivity contribution in [2.24, 2.45) is 0 Å². The quantitative estimate of drug-likeness (QED) is 0.347. The Morgan fingerprint density at radius 1 is 1.04 bits per heavy atom. The van der Waals surface area contributed by atoms with Crippen molar-refractivity contribution in [3.8, 4) is 0 Å². The van der Waals surface area contributed by atoms with Gasteiger partial charge in [0.05, 0.1) is 6.61 Å². The van der Waals surface area contributed by atoms with Gasteiger partial charge in [0.2, 0.25) is 6.79 Å². The number of benzene rings is 1. The topological polar surface area (TPSA) is 74.3 Å². The second kappa shape index (κ2) is 11.4. The number of esters is 2. The van der Waals surface area contributed by atoms with Crippen LogP contribution in [0, 0.1) is 0 Å². The summed E-state index contributed by atoms with van der Waals surface area (Å²) < 4.78 is 19.9. The van der Waals surface area contributed by atoms with E-state index >= 15 is 0 Å². The Labute approximate surface area is 136 Å². The van der Waals surface area contributed by atoms with Gasteiger partial charge in [0.1, 0.15) is 13.3 Å². The maximum absolute atomic E-state index is 11.8. The minimum atomic E-state index is -0.498. The van der Waals surface area contributed by atoms with Crippen molar-refractivity contribution in [2.45, 2.75) is 13.8 Å². The number of ether oxygens (including phenoxy) is 4. The molecule has 0 aliphatic carbocycles. The normalized spacial score (nSPS) is 10.2. The first-order chi connectivity index (χ1) is 11.1. The molecular formula is C16H23NO6. The van der Waals surface area contributed by atoms with Crippen LogP contribution in [0.3, 0.4) is 0 Å². The molecule has 23 heavy (non-hydrogen) atoms. The maximum atomic E-state index is 11.8. The molecule has 0 aromatic heterocycles. The van der Waals surface area contributed by atoms with E-state index in [2.05, 4.69) is 4.74 Å². The lowest BCUT2D eigenvalue weighted by Crippen LogP contribution is -2.34. The second-order valence-corrected chi connectivity index (χ2v) is 4.55. The minimum Gasteiger partial charge on any atom is -0.428 e. The van der Waals surface area contributed by atoms with Crippen LogP contribution in [0.2, 0.25) is 0 Å². The van der Waals surface area contributed by atoms with Crippen molar-refractivity contribution < 1.29 is 28.5 Å². The van der Waals surface area contributed by atoms with Crippen molar-refractivity contribution in [1.29, 1.82) is 0 Å². The first-order valence-corrected chi connectivity index (χ1v) is 7.38. The lowest BCUT2D eigenvalue weighted by molar-refractivity contribution is -0.164. The second-order valence-electron chi connectivity index (χ2n) is 4.55. The van der Waals surface area contributed by atoms with Gasteiger partial charge in [0.15, 0.2) is 0 Å². The minimum absolute atomic E-state index is 0.0310. The largest absolute Gasteiger partial charge is 0.428 e. The molecule has 0 spiro atoms. The van der Waals surface area contributed by atoms with Crippen LogP contribution in [0.4, 0.5) is 5.69 Å². The molecule has 0 aliphatic rings. The van der Waals surface area contributed by atoms with E-state index < -0.39 is 11.9 Å². The van der Waals surface area contributed by atoms with Crippen molar-refractivity contribution in [2.75, 3.05) is 44.8 Å². The van der Waals surface area contributed by atoms with Gasteiger partial charge in [0.25, 0.3) is 0 Å². The molecule has 7 nitrogen and oxygen atoms in total. The van der Waals surface area contributed by atoms with Crippen LogP contribution in [-0.4, -0.2) is 51.8 Å². The molecule has 0 bridgehead atoms. The van der Waals surface area contributed by atoms with Gasteiger partial charge < -0.3 is 23.8 Å². The van der Waals surface area contributed by atoms with Crippen LogP contribution in [0.15, 0.2) is 30.3 Å². The van der Waals surface area contributed by atoms with Crippen molar-refractivity contribution in [3.05, 3.63) is 30.3 Å². The summed E-state index contributed by atoms with van der Waals surface area (Å²) >= 11 is 0. The Hall–Kier alpha value is -2.12. The molecule has 0 amide bonds. The number of rotatable bonds is 11. The molecule has 7 heteroatoms. The highest BCUT2D eigenvalue weighted by Gasteiger charge is 2.13. The molecule has 0 atom stereocenters. The molecule has 128 valence electrons. The van der Waals surface area contributed by atoms with Crippen molar-refractivity contribution in [3.63, 3.8) is 0 Å². The fraction of sp³-hybridized carbons (Fsp3) is 0.500. The summed E-state index contributed by atoms with van der Waals surface area (Å²) in [6, 6.07) is 9.44. The highest BCUT2D eigenvalue weighted by molar-refractivity contribution is 5.76. The molecule has 0 unspecified atom stereocenters. The Kier molecular flexibility index (Phi) is 9.42. The molecule has 0 radical (unpaired) electrons. The summed E-state index contributed by atoms with van der Waals surface area (Å²) in [7, 11) is 0. The van der Waals surface area contributed by atoms with Gasteiger partial charge in [-0.05, 0) is 19.1 Å². The fourth-order valence-corrected chi connectivity index (χ4v) is 1.69. The zero-order valence-corrected chi connectivity index (χ0v) is 13.5. The van der Waals surface area contributed by atoms with Crippen LogP contribution in [0.5, 0.6) is 0 Å². The van der Waals surface area contributed by atoms with Gasteiger partial charge in [-0.15, -0.1) is 0 Å². The molecule has 1 aromatic carbocycles. The smallest absolute Gasteiger partial charge is 0.328 e. The van der Waals surface area contributed by atoms with Crippen LogP contribution in [0.25, 0.3) is 0 Å². The van der Waals surface area contributed by atoms with E-state index in [-0.39, 0.29) is 20.1 Å². The zero-order valence-electron chi connectivity index (χ0n) is 13.5. The first kappa shape index (κ1) is 18.9. The van der Waals surface area contributed by atoms with Gasteiger partial charge in [-0.2, -0.15) is 0 Å². The Bertz CT molecular complexity index is 465. The molecular weight excluding hydrogens is 302 g/mol. The Morgan fingerprint density at radius 3 is 2.43 bits per heavy atom. The SMILES string of the molecule is CCOCOCCN(CC(=O)OCOC(C)=O)c1ccccc1. The molecule has 0 saturated heterocycles. The average Bonchev–Trinajstić information content (AvgIpc) is 2.54. The molecule has 0 heterocycles. The third-order valence-corrected chi connectivity index (χ3v) is 2.80. The third-order valence-electron chi connectivity index (χ3n) is 2.80. The number of para-hydroxylation sites is 1. The lowest BCUT2D eigenvalue weighted by atomic mass is 10.3. The first-order valence-electron chi connectivity index (χ1n) is 7.38. The fourth-order valence-electron chi connectivity index (χ4n) is 1.69. The zero-order chi connectivity index (χ0) is 16.9. The number of hydrogen-bond donors (Lipinski definition) is 0. The standard InChI is InChI=1S/C16H23NO6/c1-3-20-12-21-10-9-17(15-7-5-4-6-8-15)11-16(19)23-13-22-14(2)18/h4-8H,3,9-13H2,1-2H3. The highest BCUT2D eigenvalue weighted by Crippen LogP contribution is 2.12. The third kappa shape index (κ3) is 8.80. The van der Waals surface area contributed by atoms with E-state index in [0.29, 0.717) is 19.8 Å². The predicted octanol–water partition coefficient (Wildman–Crippen LogP) is 1.57. The van der Waals surface area contributed by atoms with Gasteiger partial charge in [-0.1, -0.05) is 18.2 Å². The number of carbonyl (C=O) groups excluding carboxylic acids is 2.